The Balaban J connectivity index is 4.55. The van der Waals surface area contributed by atoms with Crippen molar-refractivity contribution in [3.63, 3.8) is 0 Å². The molecule has 1 unspecified atom stereocenters. The molecule has 0 heterocycles. The van der Waals surface area contributed by atoms with Crippen LogP contribution in [-0.2, 0) is 4.79 Å². The van der Waals surface area contributed by atoms with E-state index in [4.69, 9.17) is 0 Å². The van der Waals surface area contributed by atoms with Crippen molar-refractivity contribution in [3.8, 4) is 0 Å². The summed E-state index contributed by atoms with van der Waals surface area (Å²) in [5.41, 5.74) is 5.09. The molecule has 1 aromatic carbocycles. The minimum atomic E-state index is -1.53. The largest absolute Gasteiger partial charge is 0.295 e. The van der Waals surface area contributed by atoms with Gasteiger partial charge >= 0.3 is 0 Å². The van der Waals surface area contributed by atoms with E-state index < -0.39 is 48.4 Å². The molecule has 1 atom stereocenters. The van der Waals surface area contributed by atoms with Gasteiger partial charge in [0.15, 0.2) is 5.78 Å². The fraction of sp³-hybridized carbons (Fsp3) is 0.710. The van der Waals surface area contributed by atoms with Gasteiger partial charge in [0, 0.05) is 48.4 Å². The molecule has 0 saturated carbocycles. The van der Waals surface area contributed by atoms with Crippen LogP contribution in [0.25, 0.3) is 0 Å². The highest BCUT2D eigenvalue weighted by atomic mass is 31.1. The lowest BCUT2D eigenvalue weighted by Crippen LogP contribution is -2.51. The minimum Gasteiger partial charge on any atom is -0.295 e. The highest BCUT2D eigenvalue weighted by Crippen LogP contribution is 2.45. The lowest BCUT2D eigenvalue weighted by Gasteiger charge is -2.45. The molecule has 224 valence electrons. The van der Waals surface area contributed by atoms with Crippen LogP contribution >= 0.6 is 8.58 Å². The Morgan fingerprint density at radius 2 is 0.846 bits per heavy atom. The van der Waals surface area contributed by atoms with Crippen molar-refractivity contribution in [3.05, 3.63) is 40.7 Å². The second-order valence-electron chi connectivity index (χ2n) is 18.7. The molecule has 0 bridgehead atoms. The number of allylic oxidation sites excluding steroid dienone is 1. The fourth-order valence-corrected chi connectivity index (χ4v) is 48.5. The van der Waals surface area contributed by atoms with Crippen LogP contribution in [0.2, 0.25) is 118 Å². The highest BCUT2D eigenvalue weighted by molar-refractivity contribution is 7.51. The monoisotopic (exact) mass is 652 g/mol. The number of carbonyl (C=O) groups excluding carboxylic acids is 1. The third-order valence-corrected chi connectivity index (χ3v) is 37.0. The molecule has 0 aromatic heterocycles. The maximum absolute atomic E-state index is 12.0. The van der Waals surface area contributed by atoms with Gasteiger partial charge in [-0.3, -0.25) is 4.79 Å². The molecule has 8 heteroatoms. The zero-order valence-electron chi connectivity index (χ0n) is 29.4. The Hall–Kier alpha value is 0.361. The maximum Gasteiger partial charge on any atom is 0.152 e. The average molecular weight is 653 g/mol. The first kappa shape index (κ1) is 37.4. The van der Waals surface area contributed by atoms with Gasteiger partial charge in [0.25, 0.3) is 0 Å². The van der Waals surface area contributed by atoms with Gasteiger partial charge in [-0.05, 0) is 50.5 Å². The summed E-state index contributed by atoms with van der Waals surface area (Å²) in [4.78, 5) is 12.0. The molecule has 0 aliphatic carbocycles. The van der Waals surface area contributed by atoms with Gasteiger partial charge in [-0.2, -0.15) is 0 Å². The Kier molecular flexibility index (Phi) is 12.0. The predicted octanol–water partition coefficient (Wildman–Crippen LogP) is 10.6. The summed E-state index contributed by atoms with van der Waals surface area (Å²) >= 11 is 0. The van der Waals surface area contributed by atoms with E-state index in [1.165, 1.54) is 0 Å². The second kappa shape index (κ2) is 12.5. The molecule has 0 fully saturated rings. The minimum absolute atomic E-state index is 0.165. The smallest absolute Gasteiger partial charge is 0.152 e. The Bertz CT molecular complexity index is 943. The summed E-state index contributed by atoms with van der Waals surface area (Å²) in [7, 11) is -8.50. The van der Waals surface area contributed by atoms with Crippen molar-refractivity contribution in [2.45, 2.75) is 140 Å². The van der Waals surface area contributed by atoms with E-state index in [1.807, 2.05) is 6.08 Å². The van der Waals surface area contributed by atoms with Gasteiger partial charge in [0.2, 0.25) is 0 Å². The zero-order valence-corrected chi connectivity index (χ0v) is 36.4. The molecule has 1 rings (SSSR count). The molecule has 39 heavy (non-hydrogen) atoms. The van der Waals surface area contributed by atoms with Crippen LogP contribution in [-0.4, -0.2) is 54.2 Å². The van der Waals surface area contributed by atoms with Crippen molar-refractivity contribution < 1.29 is 4.79 Å². The Morgan fingerprint density at radius 1 is 0.564 bits per heavy atom. The molecular weight excluding hydrogens is 588 g/mol. The first-order valence-corrected chi connectivity index (χ1v) is 37.7. The molecule has 0 N–H and O–H groups in total. The van der Waals surface area contributed by atoms with E-state index in [0.717, 1.165) is 5.16 Å². The lowest BCUT2D eigenvalue weighted by molar-refractivity contribution is -0.112. The summed E-state index contributed by atoms with van der Waals surface area (Å²) in [6.07, 6.45) is 1.84. The van der Waals surface area contributed by atoms with Gasteiger partial charge in [-0.15, -0.1) is 0 Å². The normalized spacial score (nSPS) is 15.1. The number of rotatable bonds is 12. The van der Waals surface area contributed by atoms with E-state index in [9.17, 15) is 4.79 Å². The van der Waals surface area contributed by atoms with Crippen LogP contribution in [0, 0.1) is 0 Å². The van der Waals surface area contributed by atoms with Gasteiger partial charge in [0.05, 0.1) is 0 Å². The summed E-state index contributed by atoms with van der Waals surface area (Å²) in [5, 5.41) is 3.76. The van der Waals surface area contributed by atoms with Crippen molar-refractivity contribution in [1.82, 2.24) is 0 Å². The van der Waals surface area contributed by atoms with Crippen LogP contribution in [0.1, 0.15) is 39.1 Å². The fourth-order valence-electron chi connectivity index (χ4n) is 8.51. The van der Waals surface area contributed by atoms with Crippen molar-refractivity contribution in [1.29, 1.82) is 0 Å². The summed E-state index contributed by atoms with van der Waals surface area (Å²) in [6.45, 7) is 48.8. The first-order chi connectivity index (χ1) is 17.0. The number of benzene rings is 1. The Morgan fingerprint density at radius 3 is 1.08 bits per heavy atom. The molecule has 0 amide bonds. The van der Waals surface area contributed by atoms with E-state index in [-0.39, 0.29) is 5.78 Å². The molecule has 0 radical (unpaired) electrons. The van der Waals surface area contributed by atoms with Crippen molar-refractivity contribution in [2.75, 3.05) is 0 Å². The Labute approximate surface area is 252 Å². The third-order valence-electron chi connectivity index (χ3n) is 7.92. The van der Waals surface area contributed by atoms with E-state index >= 15 is 0 Å². The van der Waals surface area contributed by atoms with Crippen LogP contribution in [0.15, 0.2) is 24.0 Å². The molecule has 0 spiro atoms. The first-order valence-electron chi connectivity index (χ1n) is 15.1. The van der Waals surface area contributed by atoms with Crippen LogP contribution in [0.3, 0.4) is 0 Å². The van der Waals surface area contributed by atoms with Crippen molar-refractivity contribution >= 4 is 68.1 Å². The molecule has 1 aromatic rings. The predicted molar refractivity (Wildman–Crippen MR) is 203 cm³/mol. The molecular formula is C31H65OPSi6. The topological polar surface area (TPSA) is 17.1 Å². The number of carbonyl (C=O) groups is 1. The summed E-state index contributed by atoms with van der Waals surface area (Å²) in [5.74, 6) is 2.38. The zero-order chi connectivity index (χ0) is 31.2. The molecule has 0 aliphatic heterocycles. The van der Waals surface area contributed by atoms with E-state index in [0.29, 0.717) is 18.9 Å². The summed E-state index contributed by atoms with van der Waals surface area (Å²) < 4.78 is 0. The highest BCUT2D eigenvalue weighted by Gasteiger charge is 2.46. The molecule has 1 nitrogen and oxygen atoms in total. The lowest BCUT2D eigenvalue weighted by atomic mass is 10.1. The SMILES string of the molecule is CC(=O)C=CPc1c(C([Si](C)(C)C)[Si](C)(C)C)cc(C([Si](C)(C)C)[Si](C)(C)C)cc1C([Si](C)(C)C)[Si](C)(C)C. The van der Waals surface area contributed by atoms with Gasteiger partial charge in [0.1, 0.15) is 0 Å². The van der Waals surface area contributed by atoms with E-state index in [2.05, 4.69) is 136 Å². The number of ketones is 1. The van der Waals surface area contributed by atoms with Crippen molar-refractivity contribution in [2.24, 2.45) is 0 Å². The van der Waals surface area contributed by atoms with E-state index in [1.54, 1.807) is 28.9 Å². The standard InChI is InChI=1S/C31H65OPSi6/c1-24(32)20-21-33-28-26(30(36(8,9)10)37(11,12)13)22-25(29(34(2,3)4)35(5,6)7)23-27(28)31(38(14,15)16)39(17,18)19/h20-23,29-31,33H,1-19H3. The third kappa shape index (κ3) is 10.2. The maximum atomic E-state index is 12.0. The van der Waals surface area contributed by atoms with Gasteiger partial charge in [-0.1, -0.05) is 144 Å². The number of hydrogen-bond acceptors (Lipinski definition) is 1. The summed E-state index contributed by atoms with van der Waals surface area (Å²) in [6, 6.07) is 5.53. The van der Waals surface area contributed by atoms with Crippen LogP contribution in [0.4, 0.5) is 0 Å². The van der Waals surface area contributed by atoms with Gasteiger partial charge in [-0.25, -0.2) is 0 Å². The van der Waals surface area contributed by atoms with Crippen LogP contribution in [0.5, 0.6) is 0 Å². The average Bonchev–Trinajstić information content (AvgIpc) is 2.55. The molecule has 0 saturated heterocycles. The molecule has 0 aliphatic rings. The second-order valence-corrected chi connectivity index (χ2v) is 53.4. The quantitative estimate of drug-likeness (QED) is 0.125. The number of hydrogen-bond donors (Lipinski definition) is 0. The van der Waals surface area contributed by atoms with Gasteiger partial charge < -0.3 is 0 Å². The van der Waals surface area contributed by atoms with Crippen LogP contribution < -0.4 is 5.30 Å².